The zero-order valence-corrected chi connectivity index (χ0v) is 19.3. The van der Waals surface area contributed by atoms with E-state index in [-0.39, 0.29) is 31.1 Å². The van der Waals surface area contributed by atoms with E-state index in [2.05, 4.69) is 5.32 Å². The first-order valence-corrected chi connectivity index (χ1v) is 11.3. The molecule has 194 valence electrons. The lowest BCUT2D eigenvalue weighted by Gasteiger charge is -2.43. The standard InChI is InChI=1S/C25H24F7N3O/c1-15-10-19(26)5-6-20(15)22-14-33-7-9-35(22)23(36)34-8-3-2-4-21(34)16-11-17(24(27,28)29)13-18(12-16)25(30,31)32/h2-3,5-6,10-13,21-22,33H,4,7-9,14H2,1H3/t21?,22-/m0/s1. The molecule has 0 spiro atoms. The van der Waals surface area contributed by atoms with Crippen molar-refractivity contribution in [2.24, 2.45) is 0 Å². The lowest BCUT2D eigenvalue weighted by atomic mass is 9.94. The Bertz CT molecular complexity index is 1130. The molecule has 1 unspecified atom stereocenters. The van der Waals surface area contributed by atoms with Crippen LogP contribution in [0.1, 0.15) is 46.3 Å². The number of carbonyl (C=O) groups is 1. The predicted molar refractivity (Wildman–Crippen MR) is 118 cm³/mol. The van der Waals surface area contributed by atoms with E-state index in [9.17, 15) is 35.5 Å². The SMILES string of the molecule is Cc1cc(F)ccc1[C@@H]1CNCCN1C(=O)N1CC=CCC1c1cc(C(F)(F)F)cc(C(F)(F)F)c1. The van der Waals surface area contributed by atoms with Gasteiger partial charge in [0.15, 0.2) is 0 Å². The maximum Gasteiger partial charge on any atom is 0.416 e. The highest BCUT2D eigenvalue weighted by atomic mass is 19.4. The van der Waals surface area contributed by atoms with Crippen LogP contribution in [0.5, 0.6) is 0 Å². The first-order valence-electron chi connectivity index (χ1n) is 11.3. The van der Waals surface area contributed by atoms with Crippen LogP contribution in [0.2, 0.25) is 0 Å². The Kier molecular flexibility index (Phi) is 7.05. The van der Waals surface area contributed by atoms with Crippen LogP contribution in [-0.2, 0) is 12.4 Å². The zero-order chi connectivity index (χ0) is 26.3. The van der Waals surface area contributed by atoms with E-state index in [1.807, 2.05) is 0 Å². The van der Waals surface area contributed by atoms with Gasteiger partial charge in [0.2, 0.25) is 0 Å². The van der Waals surface area contributed by atoms with Gasteiger partial charge in [0.25, 0.3) is 0 Å². The van der Waals surface area contributed by atoms with Crippen molar-refractivity contribution in [2.45, 2.75) is 37.8 Å². The van der Waals surface area contributed by atoms with Crippen LogP contribution in [0.3, 0.4) is 0 Å². The van der Waals surface area contributed by atoms with E-state index >= 15 is 0 Å². The Labute approximate surface area is 203 Å². The average molecular weight is 515 g/mol. The number of alkyl halides is 6. The van der Waals surface area contributed by atoms with Crippen molar-refractivity contribution in [3.05, 3.63) is 82.2 Å². The summed E-state index contributed by atoms with van der Waals surface area (Å²) in [6.07, 6.45) is -6.61. The summed E-state index contributed by atoms with van der Waals surface area (Å²) >= 11 is 0. The molecule has 2 aliphatic heterocycles. The van der Waals surface area contributed by atoms with Gasteiger partial charge in [-0.15, -0.1) is 0 Å². The second kappa shape index (κ2) is 9.76. The minimum atomic E-state index is -4.99. The van der Waals surface area contributed by atoms with Crippen molar-refractivity contribution in [1.29, 1.82) is 0 Å². The number of benzene rings is 2. The van der Waals surface area contributed by atoms with Crippen LogP contribution in [0.4, 0.5) is 35.5 Å². The van der Waals surface area contributed by atoms with Gasteiger partial charge in [-0.3, -0.25) is 0 Å². The quantitative estimate of drug-likeness (QED) is 0.380. The lowest BCUT2D eigenvalue weighted by Crippen LogP contribution is -2.54. The summed E-state index contributed by atoms with van der Waals surface area (Å²) in [4.78, 5) is 16.6. The Balaban J connectivity index is 1.72. The Morgan fingerprint density at radius 3 is 2.19 bits per heavy atom. The summed E-state index contributed by atoms with van der Waals surface area (Å²) in [7, 11) is 0. The number of nitrogens with zero attached hydrogens (tertiary/aromatic N) is 2. The molecule has 2 amide bonds. The second-order valence-corrected chi connectivity index (χ2v) is 8.91. The van der Waals surface area contributed by atoms with Gasteiger partial charge in [-0.05, 0) is 60.4 Å². The van der Waals surface area contributed by atoms with Gasteiger partial charge in [0.05, 0.1) is 23.2 Å². The fraction of sp³-hybridized carbons (Fsp3) is 0.400. The number of hydrogen-bond donors (Lipinski definition) is 1. The molecule has 4 rings (SSSR count). The maximum atomic E-state index is 13.7. The molecule has 2 aromatic carbocycles. The topological polar surface area (TPSA) is 35.6 Å². The lowest BCUT2D eigenvalue weighted by molar-refractivity contribution is -0.143. The third-order valence-corrected chi connectivity index (χ3v) is 6.52. The summed E-state index contributed by atoms with van der Waals surface area (Å²) in [5, 5.41) is 3.18. The molecule has 2 aromatic rings. The van der Waals surface area contributed by atoms with Crippen LogP contribution in [-0.4, -0.2) is 42.0 Å². The molecular weight excluding hydrogens is 491 g/mol. The van der Waals surface area contributed by atoms with Gasteiger partial charge in [-0.2, -0.15) is 26.3 Å². The molecule has 2 heterocycles. The average Bonchev–Trinajstić information content (AvgIpc) is 2.82. The van der Waals surface area contributed by atoms with Crippen molar-refractivity contribution >= 4 is 6.03 Å². The number of nitrogens with one attached hydrogen (secondary N) is 1. The van der Waals surface area contributed by atoms with E-state index < -0.39 is 47.4 Å². The molecule has 0 aliphatic carbocycles. The number of urea groups is 1. The summed E-state index contributed by atoms with van der Waals surface area (Å²) in [6.45, 7) is 2.83. The van der Waals surface area contributed by atoms with Crippen LogP contribution >= 0.6 is 0 Å². The maximum absolute atomic E-state index is 13.7. The second-order valence-electron chi connectivity index (χ2n) is 8.91. The number of hydrogen-bond acceptors (Lipinski definition) is 2. The first-order chi connectivity index (χ1) is 16.9. The fourth-order valence-electron chi connectivity index (χ4n) is 4.76. The molecule has 4 nitrogen and oxygen atoms in total. The van der Waals surface area contributed by atoms with Crippen molar-refractivity contribution < 1.29 is 35.5 Å². The molecule has 0 aromatic heterocycles. The molecule has 11 heteroatoms. The summed E-state index contributed by atoms with van der Waals surface area (Å²) in [6, 6.07) is 3.65. The molecule has 2 atom stereocenters. The molecule has 1 fully saturated rings. The largest absolute Gasteiger partial charge is 0.416 e. The summed E-state index contributed by atoms with van der Waals surface area (Å²) < 4.78 is 94.4. The van der Waals surface area contributed by atoms with Crippen LogP contribution in [0.15, 0.2) is 48.6 Å². The third-order valence-electron chi connectivity index (χ3n) is 6.52. The predicted octanol–water partition coefficient (Wildman–Crippen LogP) is 6.24. The van der Waals surface area contributed by atoms with Crippen LogP contribution in [0.25, 0.3) is 0 Å². The van der Waals surface area contributed by atoms with Crippen LogP contribution < -0.4 is 5.32 Å². The number of piperazine rings is 1. The number of aryl methyl sites for hydroxylation is 1. The molecular formula is C25H24F7N3O. The molecule has 0 bridgehead atoms. The molecule has 0 radical (unpaired) electrons. The summed E-state index contributed by atoms with van der Waals surface area (Å²) in [5.41, 5.74) is -1.74. The van der Waals surface area contributed by atoms with Gasteiger partial charge in [-0.25, -0.2) is 9.18 Å². The Morgan fingerprint density at radius 2 is 1.58 bits per heavy atom. The smallest absolute Gasteiger partial charge is 0.315 e. The Morgan fingerprint density at radius 1 is 0.917 bits per heavy atom. The monoisotopic (exact) mass is 515 g/mol. The third kappa shape index (κ3) is 5.35. The summed E-state index contributed by atoms with van der Waals surface area (Å²) in [5.74, 6) is -0.427. The van der Waals surface area contributed by atoms with Crippen LogP contribution in [0, 0.1) is 12.7 Å². The molecule has 1 N–H and O–H groups in total. The van der Waals surface area contributed by atoms with Gasteiger partial charge in [-0.1, -0.05) is 18.2 Å². The number of amides is 2. The zero-order valence-electron chi connectivity index (χ0n) is 19.3. The minimum absolute atomic E-state index is 0.0279. The van der Waals surface area contributed by atoms with Crippen molar-refractivity contribution in [3.8, 4) is 0 Å². The van der Waals surface area contributed by atoms with Gasteiger partial charge in [0, 0.05) is 26.2 Å². The van der Waals surface area contributed by atoms with E-state index in [0.29, 0.717) is 36.3 Å². The molecule has 2 aliphatic rings. The normalized spacial score (nSPS) is 21.1. The Hall–Kier alpha value is -3.08. The highest BCUT2D eigenvalue weighted by Gasteiger charge is 2.40. The van der Waals surface area contributed by atoms with Crippen molar-refractivity contribution in [2.75, 3.05) is 26.2 Å². The van der Waals surface area contributed by atoms with Crippen molar-refractivity contribution in [1.82, 2.24) is 15.1 Å². The molecule has 36 heavy (non-hydrogen) atoms. The minimum Gasteiger partial charge on any atom is -0.315 e. The molecule has 1 saturated heterocycles. The number of rotatable bonds is 2. The first kappa shape index (κ1) is 26.0. The highest BCUT2D eigenvalue weighted by Crippen LogP contribution is 2.40. The van der Waals surface area contributed by atoms with Gasteiger partial charge >= 0.3 is 18.4 Å². The van der Waals surface area contributed by atoms with E-state index in [4.69, 9.17) is 0 Å². The van der Waals surface area contributed by atoms with E-state index in [0.717, 1.165) is 0 Å². The van der Waals surface area contributed by atoms with Crippen molar-refractivity contribution in [3.63, 3.8) is 0 Å². The number of carbonyl (C=O) groups excluding carboxylic acids is 1. The van der Waals surface area contributed by atoms with Gasteiger partial charge < -0.3 is 15.1 Å². The fourth-order valence-corrected chi connectivity index (χ4v) is 4.76. The van der Waals surface area contributed by atoms with E-state index in [1.54, 1.807) is 30.0 Å². The number of halogens is 7. The molecule has 0 saturated carbocycles. The van der Waals surface area contributed by atoms with Gasteiger partial charge in [0.1, 0.15) is 5.82 Å². The van der Waals surface area contributed by atoms with E-state index in [1.165, 1.54) is 17.0 Å². The highest BCUT2D eigenvalue weighted by molar-refractivity contribution is 5.76.